The molecule has 0 spiro atoms. The number of nitrogens with one attached hydrogen (secondary N) is 1. The van der Waals surface area contributed by atoms with Crippen molar-refractivity contribution in [3.05, 3.63) is 23.8 Å². The van der Waals surface area contributed by atoms with Crippen LogP contribution in [-0.4, -0.2) is 31.6 Å². The highest BCUT2D eigenvalue weighted by atomic mass is 15.1. The largest absolute Gasteiger partial charge is 0.397 e. The molecule has 3 N–H and O–H groups in total. The summed E-state index contributed by atoms with van der Waals surface area (Å²) in [5, 5.41) is 3.48. The average molecular weight is 221 g/mol. The monoisotopic (exact) mass is 221 g/mol. The summed E-state index contributed by atoms with van der Waals surface area (Å²) in [5.74, 6) is 0. The van der Waals surface area contributed by atoms with Gasteiger partial charge in [-0.3, -0.25) is 0 Å². The van der Waals surface area contributed by atoms with E-state index in [1.165, 1.54) is 5.56 Å². The third-order valence-corrected chi connectivity index (χ3v) is 2.71. The molecule has 0 fully saturated rings. The van der Waals surface area contributed by atoms with E-state index < -0.39 is 0 Å². The van der Waals surface area contributed by atoms with Crippen molar-refractivity contribution in [3.63, 3.8) is 0 Å². The number of nitrogens with zero attached hydrogens (tertiary/aromatic N) is 1. The van der Waals surface area contributed by atoms with Gasteiger partial charge in [0.2, 0.25) is 0 Å². The van der Waals surface area contributed by atoms with Gasteiger partial charge >= 0.3 is 0 Å². The Morgan fingerprint density at radius 2 is 2.06 bits per heavy atom. The highest BCUT2D eigenvalue weighted by molar-refractivity contribution is 5.70. The van der Waals surface area contributed by atoms with Crippen molar-refractivity contribution in [1.29, 1.82) is 0 Å². The van der Waals surface area contributed by atoms with E-state index in [0.29, 0.717) is 6.04 Å². The Labute approximate surface area is 98.6 Å². The number of nitrogen functional groups attached to an aromatic ring is 1. The molecule has 1 atom stereocenters. The maximum atomic E-state index is 5.95. The topological polar surface area (TPSA) is 41.3 Å². The van der Waals surface area contributed by atoms with Crippen LogP contribution in [0.15, 0.2) is 18.2 Å². The maximum Gasteiger partial charge on any atom is 0.0605 e. The van der Waals surface area contributed by atoms with E-state index in [0.717, 1.165) is 24.3 Å². The van der Waals surface area contributed by atoms with E-state index in [1.54, 1.807) is 0 Å². The SMILES string of the molecule is Cc1cccc(N)c1NC(C)CCN(C)C. The van der Waals surface area contributed by atoms with Crippen LogP contribution in [0, 0.1) is 6.92 Å². The molecule has 0 bridgehead atoms. The molecular formula is C13H23N3. The Balaban J connectivity index is 2.59. The second-order valence-electron chi connectivity index (χ2n) is 4.68. The summed E-state index contributed by atoms with van der Waals surface area (Å²) in [7, 11) is 4.18. The molecule has 0 aromatic heterocycles. The van der Waals surface area contributed by atoms with Gasteiger partial charge in [0, 0.05) is 6.04 Å². The second kappa shape index (κ2) is 5.75. The minimum Gasteiger partial charge on any atom is -0.397 e. The van der Waals surface area contributed by atoms with Gasteiger partial charge in [-0.25, -0.2) is 0 Å². The van der Waals surface area contributed by atoms with Crippen LogP contribution in [0.4, 0.5) is 11.4 Å². The van der Waals surface area contributed by atoms with Gasteiger partial charge in [0.1, 0.15) is 0 Å². The van der Waals surface area contributed by atoms with E-state index in [9.17, 15) is 0 Å². The molecule has 0 aliphatic rings. The predicted molar refractivity (Wildman–Crippen MR) is 71.8 cm³/mol. The fourth-order valence-corrected chi connectivity index (χ4v) is 1.66. The Morgan fingerprint density at radius 1 is 1.38 bits per heavy atom. The van der Waals surface area contributed by atoms with Crippen molar-refractivity contribution >= 4 is 11.4 Å². The molecule has 0 saturated carbocycles. The van der Waals surface area contributed by atoms with Crippen molar-refractivity contribution in [2.75, 3.05) is 31.7 Å². The van der Waals surface area contributed by atoms with Gasteiger partial charge in [-0.15, -0.1) is 0 Å². The molecule has 0 saturated heterocycles. The molecule has 1 rings (SSSR count). The van der Waals surface area contributed by atoms with Crippen LogP contribution in [0.25, 0.3) is 0 Å². The summed E-state index contributed by atoms with van der Waals surface area (Å²) in [4.78, 5) is 2.19. The third kappa shape index (κ3) is 3.74. The van der Waals surface area contributed by atoms with Crippen molar-refractivity contribution in [2.24, 2.45) is 0 Å². The van der Waals surface area contributed by atoms with E-state index in [1.807, 2.05) is 12.1 Å². The van der Waals surface area contributed by atoms with Crippen LogP contribution < -0.4 is 11.1 Å². The Bertz CT molecular complexity index is 314. The maximum absolute atomic E-state index is 5.95. The van der Waals surface area contributed by atoms with Crippen LogP contribution >= 0.6 is 0 Å². The van der Waals surface area contributed by atoms with Gasteiger partial charge in [0.15, 0.2) is 0 Å². The molecule has 0 aliphatic carbocycles. The first-order chi connectivity index (χ1) is 7.50. The smallest absolute Gasteiger partial charge is 0.0605 e. The molecular weight excluding hydrogens is 198 g/mol. The number of nitrogens with two attached hydrogens (primary N) is 1. The first-order valence-electron chi connectivity index (χ1n) is 5.77. The van der Waals surface area contributed by atoms with E-state index in [4.69, 9.17) is 5.73 Å². The number of hydrogen-bond donors (Lipinski definition) is 2. The minimum atomic E-state index is 0.436. The lowest BCUT2D eigenvalue weighted by atomic mass is 10.1. The molecule has 3 heteroatoms. The molecule has 0 heterocycles. The minimum absolute atomic E-state index is 0.436. The molecule has 1 aromatic rings. The summed E-state index contributed by atoms with van der Waals surface area (Å²) in [6, 6.07) is 6.44. The highest BCUT2D eigenvalue weighted by Crippen LogP contribution is 2.23. The molecule has 1 unspecified atom stereocenters. The molecule has 0 radical (unpaired) electrons. The first-order valence-corrected chi connectivity index (χ1v) is 5.77. The van der Waals surface area contributed by atoms with E-state index in [-0.39, 0.29) is 0 Å². The van der Waals surface area contributed by atoms with Crippen molar-refractivity contribution < 1.29 is 0 Å². The number of benzene rings is 1. The third-order valence-electron chi connectivity index (χ3n) is 2.71. The summed E-state index contributed by atoms with van der Waals surface area (Å²) in [5.41, 5.74) is 9.07. The number of rotatable bonds is 5. The van der Waals surface area contributed by atoms with Crippen LogP contribution in [-0.2, 0) is 0 Å². The van der Waals surface area contributed by atoms with Gasteiger partial charge < -0.3 is 16.0 Å². The Kier molecular flexibility index (Phi) is 4.62. The van der Waals surface area contributed by atoms with Crippen LogP contribution in [0.1, 0.15) is 18.9 Å². The number of hydrogen-bond acceptors (Lipinski definition) is 3. The summed E-state index contributed by atoms with van der Waals surface area (Å²) < 4.78 is 0. The zero-order chi connectivity index (χ0) is 12.1. The normalized spacial score (nSPS) is 12.8. The lowest BCUT2D eigenvalue weighted by molar-refractivity contribution is 0.390. The van der Waals surface area contributed by atoms with Crippen molar-refractivity contribution in [3.8, 4) is 0 Å². The zero-order valence-corrected chi connectivity index (χ0v) is 10.7. The zero-order valence-electron chi connectivity index (χ0n) is 10.7. The standard InChI is InChI=1S/C13H23N3/c1-10-6-5-7-12(14)13(10)15-11(2)8-9-16(3)4/h5-7,11,15H,8-9,14H2,1-4H3. The lowest BCUT2D eigenvalue weighted by Gasteiger charge is -2.20. The predicted octanol–water partition coefficient (Wildman–Crippen LogP) is 2.33. The van der Waals surface area contributed by atoms with Crippen LogP contribution in [0.3, 0.4) is 0 Å². The summed E-state index contributed by atoms with van der Waals surface area (Å²) in [6.45, 7) is 5.35. The second-order valence-corrected chi connectivity index (χ2v) is 4.68. The van der Waals surface area contributed by atoms with Gasteiger partial charge in [-0.1, -0.05) is 12.1 Å². The number of anilines is 2. The fourth-order valence-electron chi connectivity index (χ4n) is 1.66. The Hall–Kier alpha value is -1.22. The number of aryl methyl sites for hydroxylation is 1. The van der Waals surface area contributed by atoms with Gasteiger partial charge in [-0.05, 0) is 52.5 Å². The summed E-state index contributed by atoms with van der Waals surface area (Å²) >= 11 is 0. The summed E-state index contributed by atoms with van der Waals surface area (Å²) in [6.07, 6.45) is 1.11. The van der Waals surface area contributed by atoms with Gasteiger partial charge in [0.25, 0.3) is 0 Å². The van der Waals surface area contributed by atoms with Crippen LogP contribution in [0.2, 0.25) is 0 Å². The number of para-hydroxylation sites is 1. The molecule has 0 amide bonds. The van der Waals surface area contributed by atoms with Crippen LogP contribution in [0.5, 0.6) is 0 Å². The Morgan fingerprint density at radius 3 is 2.62 bits per heavy atom. The lowest BCUT2D eigenvalue weighted by Crippen LogP contribution is -2.23. The van der Waals surface area contributed by atoms with E-state index in [2.05, 4.69) is 44.2 Å². The first kappa shape index (κ1) is 12.8. The van der Waals surface area contributed by atoms with Gasteiger partial charge in [0.05, 0.1) is 11.4 Å². The molecule has 90 valence electrons. The van der Waals surface area contributed by atoms with E-state index >= 15 is 0 Å². The fraction of sp³-hybridized carbons (Fsp3) is 0.538. The van der Waals surface area contributed by atoms with Gasteiger partial charge in [-0.2, -0.15) is 0 Å². The molecule has 16 heavy (non-hydrogen) atoms. The average Bonchev–Trinajstić information content (AvgIpc) is 2.21. The van der Waals surface area contributed by atoms with Crippen molar-refractivity contribution in [2.45, 2.75) is 26.3 Å². The quantitative estimate of drug-likeness (QED) is 0.750. The highest BCUT2D eigenvalue weighted by Gasteiger charge is 2.07. The molecule has 3 nitrogen and oxygen atoms in total. The molecule has 1 aromatic carbocycles. The molecule has 0 aliphatic heterocycles. The van der Waals surface area contributed by atoms with Crippen molar-refractivity contribution in [1.82, 2.24) is 4.90 Å².